The van der Waals surface area contributed by atoms with Gasteiger partial charge in [-0.1, -0.05) is 6.92 Å². The van der Waals surface area contributed by atoms with Crippen LogP contribution in [0.15, 0.2) is 0 Å². The van der Waals surface area contributed by atoms with E-state index in [1.54, 1.807) is 0 Å². The van der Waals surface area contributed by atoms with Gasteiger partial charge in [0.05, 0.1) is 0 Å². The lowest BCUT2D eigenvalue weighted by molar-refractivity contribution is 0.544. The molecular weight excluding hydrogens is 88.1 g/mol. The highest BCUT2D eigenvalue weighted by atomic mass is 14.7. The summed E-state index contributed by atoms with van der Waals surface area (Å²) in [5, 5.41) is 0. The van der Waals surface area contributed by atoms with Crippen LogP contribution in [-0.4, -0.2) is 12.6 Å². The molecule has 4 N–H and O–H groups in total. The van der Waals surface area contributed by atoms with Gasteiger partial charge in [-0.2, -0.15) is 0 Å². The summed E-state index contributed by atoms with van der Waals surface area (Å²) in [4.78, 5) is 0. The Morgan fingerprint density at radius 2 is 2.14 bits per heavy atom. The Morgan fingerprint density at radius 3 is 2.14 bits per heavy atom. The summed E-state index contributed by atoms with van der Waals surface area (Å²) in [5.74, 6) is 0.269. The van der Waals surface area contributed by atoms with Gasteiger partial charge in [0, 0.05) is 12.6 Å². The minimum atomic E-state index is 0.0694. The molecule has 0 heterocycles. The van der Waals surface area contributed by atoms with E-state index in [2.05, 4.69) is 6.92 Å². The van der Waals surface area contributed by atoms with E-state index in [4.69, 9.17) is 11.5 Å². The van der Waals surface area contributed by atoms with Crippen LogP contribution in [0, 0.1) is 12.8 Å². The summed E-state index contributed by atoms with van der Waals surface area (Å²) < 4.78 is 0. The molecule has 1 radical (unpaired) electrons. The highest BCUT2D eigenvalue weighted by Crippen LogP contribution is 1.92. The number of rotatable bonds is 2. The first kappa shape index (κ1) is 6.92. The Labute approximate surface area is 44.9 Å². The van der Waals surface area contributed by atoms with Crippen molar-refractivity contribution >= 4 is 0 Å². The minimum absolute atomic E-state index is 0.0694. The van der Waals surface area contributed by atoms with Crippen molar-refractivity contribution in [3.8, 4) is 0 Å². The van der Waals surface area contributed by atoms with Gasteiger partial charge in [0.25, 0.3) is 0 Å². The molecule has 0 aliphatic heterocycles. The zero-order valence-electron chi connectivity index (χ0n) is 4.72. The molecule has 0 aromatic heterocycles. The van der Waals surface area contributed by atoms with Gasteiger partial charge >= 0.3 is 0 Å². The van der Waals surface area contributed by atoms with Crippen molar-refractivity contribution in [2.24, 2.45) is 17.4 Å². The molecule has 0 aliphatic carbocycles. The van der Waals surface area contributed by atoms with Crippen LogP contribution in [0.25, 0.3) is 0 Å². The molecule has 0 saturated heterocycles. The highest BCUT2D eigenvalue weighted by Gasteiger charge is 2.02. The summed E-state index contributed by atoms with van der Waals surface area (Å²) in [6.07, 6.45) is 0. The van der Waals surface area contributed by atoms with Gasteiger partial charge in [-0.15, -0.1) is 0 Å². The van der Waals surface area contributed by atoms with Gasteiger partial charge in [0.15, 0.2) is 0 Å². The summed E-state index contributed by atoms with van der Waals surface area (Å²) in [7, 11) is 0. The summed E-state index contributed by atoms with van der Waals surface area (Å²) in [6, 6.07) is 0.0694. The third-order valence-corrected chi connectivity index (χ3v) is 1.00. The second-order valence-electron chi connectivity index (χ2n) is 1.88. The molecule has 2 nitrogen and oxygen atoms in total. The molecule has 2 unspecified atom stereocenters. The van der Waals surface area contributed by atoms with Gasteiger partial charge in [-0.05, 0) is 12.8 Å². The molecule has 0 bridgehead atoms. The molecule has 43 valence electrons. The fourth-order valence-electron chi connectivity index (χ4n) is 0.232. The first-order valence-corrected chi connectivity index (χ1v) is 2.47. The Morgan fingerprint density at radius 1 is 1.71 bits per heavy atom. The predicted octanol–water partition coefficient (Wildman–Crippen LogP) is -0.257. The predicted molar refractivity (Wildman–Crippen MR) is 31.6 cm³/mol. The lowest BCUT2D eigenvalue weighted by Gasteiger charge is -2.10. The highest BCUT2D eigenvalue weighted by molar-refractivity contribution is 4.70. The molecule has 2 atom stereocenters. The van der Waals surface area contributed by atoms with Crippen molar-refractivity contribution < 1.29 is 0 Å². The molecule has 0 aliphatic rings. The lowest BCUT2D eigenvalue weighted by Crippen LogP contribution is -2.34. The Balaban J connectivity index is 3.14. The van der Waals surface area contributed by atoms with Gasteiger partial charge in [-0.25, -0.2) is 0 Å². The second kappa shape index (κ2) is 2.99. The third-order valence-electron chi connectivity index (χ3n) is 1.00. The number of hydrogen-bond acceptors (Lipinski definition) is 2. The minimum Gasteiger partial charge on any atom is -0.329 e. The average Bonchev–Trinajstić information content (AvgIpc) is 1.65. The SMILES string of the molecule is [CH2]C(C)C(N)CN. The third kappa shape index (κ3) is 2.60. The van der Waals surface area contributed by atoms with Crippen LogP contribution in [0.2, 0.25) is 0 Å². The van der Waals surface area contributed by atoms with Crippen LogP contribution in [0.4, 0.5) is 0 Å². The molecule has 0 amide bonds. The largest absolute Gasteiger partial charge is 0.329 e. The summed E-state index contributed by atoms with van der Waals surface area (Å²) >= 11 is 0. The fourth-order valence-corrected chi connectivity index (χ4v) is 0.232. The smallest absolute Gasteiger partial charge is 0.0189 e. The van der Waals surface area contributed by atoms with Crippen molar-refractivity contribution in [3.05, 3.63) is 6.92 Å². The van der Waals surface area contributed by atoms with E-state index >= 15 is 0 Å². The van der Waals surface area contributed by atoms with E-state index in [0.717, 1.165) is 0 Å². The monoisotopic (exact) mass is 101 g/mol. The van der Waals surface area contributed by atoms with E-state index in [0.29, 0.717) is 6.54 Å². The van der Waals surface area contributed by atoms with Gasteiger partial charge in [-0.3, -0.25) is 0 Å². The normalized spacial score (nSPS) is 15.0. The van der Waals surface area contributed by atoms with Crippen LogP contribution in [-0.2, 0) is 0 Å². The first-order valence-electron chi connectivity index (χ1n) is 2.47. The van der Waals surface area contributed by atoms with E-state index in [1.165, 1.54) is 0 Å². The summed E-state index contributed by atoms with van der Waals surface area (Å²) in [6.45, 7) is 6.19. The van der Waals surface area contributed by atoms with Crippen LogP contribution in [0.3, 0.4) is 0 Å². The number of nitrogens with two attached hydrogens (primary N) is 2. The number of hydrogen-bond donors (Lipinski definition) is 2. The van der Waals surface area contributed by atoms with Crippen LogP contribution >= 0.6 is 0 Å². The molecule has 0 fully saturated rings. The van der Waals surface area contributed by atoms with Gasteiger partial charge in [0.2, 0.25) is 0 Å². The van der Waals surface area contributed by atoms with E-state index in [9.17, 15) is 0 Å². The average molecular weight is 101 g/mol. The maximum atomic E-state index is 5.43. The van der Waals surface area contributed by atoms with Crippen molar-refractivity contribution in [2.75, 3.05) is 6.54 Å². The van der Waals surface area contributed by atoms with Crippen molar-refractivity contribution in [1.29, 1.82) is 0 Å². The maximum Gasteiger partial charge on any atom is 0.0189 e. The molecule has 0 rings (SSSR count). The van der Waals surface area contributed by atoms with Crippen molar-refractivity contribution in [1.82, 2.24) is 0 Å². The molecule has 0 spiro atoms. The molecule has 7 heavy (non-hydrogen) atoms. The molecule has 0 aromatic carbocycles. The van der Waals surface area contributed by atoms with Crippen molar-refractivity contribution in [2.45, 2.75) is 13.0 Å². The van der Waals surface area contributed by atoms with E-state index in [1.807, 2.05) is 6.92 Å². The van der Waals surface area contributed by atoms with Crippen molar-refractivity contribution in [3.63, 3.8) is 0 Å². The zero-order valence-corrected chi connectivity index (χ0v) is 4.72. The first-order chi connectivity index (χ1) is 3.18. The van der Waals surface area contributed by atoms with Crippen LogP contribution < -0.4 is 11.5 Å². The molecular formula is C5H13N2. The van der Waals surface area contributed by atoms with E-state index < -0.39 is 0 Å². The molecule has 2 heteroatoms. The standard InChI is InChI=1S/C5H13N2/c1-4(2)5(7)3-6/h4-5H,1,3,6-7H2,2H3. The zero-order chi connectivity index (χ0) is 5.86. The van der Waals surface area contributed by atoms with Gasteiger partial charge in [0.1, 0.15) is 0 Å². The fraction of sp³-hybridized carbons (Fsp3) is 0.800. The quantitative estimate of drug-likeness (QED) is 0.503. The Kier molecular flexibility index (Phi) is 2.96. The molecule has 0 saturated carbocycles. The second-order valence-corrected chi connectivity index (χ2v) is 1.88. The maximum absolute atomic E-state index is 5.43. The topological polar surface area (TPSA) is 52.0 Å². The van der Waals surface area contributed by atoms with E-state index in [-0.39, 0.29) is 12.0 Å². The van der Waals surface area contributed by atoms with Gasteiger partial charge < -0.3 is 11.5 Å². The summed E-state index contributed by atoms with van der Waals surface area (Å²) in [5.41, 5.74) is 10.6. The Bertz CT molecular complexity index is 43.3. The van der Waals surface area contributed by atoms with Crippen LogP contribution in [0.1, 0.15) is 6.92 Å². The van der Waals surface area contributed by atoms with Crippen LogP contribution in [0.5, 0.6) is 0 Å². The molecule has 0 aromatic rings. The Hall–Kier alpha value is -0.0800. The lowest BCUT2D eigenvalue weighted by atomic mass is 10.1.